The number of halogens is 4. The number of carbonyl (C=O) groups excluding carboxylic acids is 1. The molecule has 1 N–H and O–H groups in total. The Kier molecular flexibility index (Phi) is 4.66. The van der Waals surface area contributed by atoms with Crippen LogP contribution >= 0.6 is 0 Å². The summed E-state index contributed by atoms with van der Waals surface area (Å²) in [6, 6.07) is 2.32. The van der Waals surface area contributed by atoms with E-state index in [1.165, 1.54) is 6.92 Å². The van der Waals surface area contributed by atoms with Gasteiger partial charge in [0.2, 0.25) is 0 Å². The molecule has 2 nitrogen and oxygen atoms in total. The van der Waals surface area contributed by atoms with Gasteiger partial charge in [0.25, 0.3) is 0 Å². The van der Waals surface area contributed by atoms with Gasteiger partial charge in [-0.25, -0.2) is 4.39 Å². The lowest BCUT2D eigenvalue weighted by atomic mass is 9.93. The lowest BCUT2D eigenvalue weighted by Gasteiger charge is -2.17. The largest absolute Gasteiger partial charge is 0.416 e. The van der Waals surface area contributed by atoms with Crippen molar-refractivity contribution in [1.29, 1.82) is 0 Å². The molecular formula is C15H17F4NO. The third-order valence-electron chi connectivity index (χ3n) is 3.67. The van der Waals surface area contributed by atoms with E-state index in [2.05, 4.69) is 5.32 Å². The molecule has 2 rings (SSSR count). The number of alkyl halides is 3. The fourth-order valence-corrected chi connectivity index (χ4v) is 2.21. The minimum atomic E-state index is -4.59. The molecule has 0 heterocycles. The van der Waals surface area contributed by atoms with E-state index in [-0.39, 0.29) is 17.9 Å². The maximum Gasteiger partial charge on any atom is 0.416 e. The molecule has 21 heavy (non-hydrogen) atoms. The van der Waals surface area contributed by atoms with Crippen LogP contribution in [0.2, 0.25) is 0 Å². The SMILES string of the molecule is CC(=O)[C@H](CNCC1CC1)c1ccc(C(F)(F)F)cc1F. The number of rotatable bonds is 6. The minimum absolute atomic E-state index is 0.0128. The number of hydrogen-bond acceptors (Lipinski definition) is 2. The summed E-state index contributed by atoms with van der Waals surface area (Å²) < 4.78 is 51.4. The lowest BCUT2D eigenvalue weighted by molar-refractivity contribution is -0.137. The first kappa shape index (κ1) is 15.9. The number of nitrogens with one attached hydrogen (secondary N) is 1. The topological polar surface area (TPSA) is 29.1 Å². The van der Waals surface area contributed by atoms with Crippen molar-refractivity contribution in [3.05, 3.63) is 35.1 Å². The highest BCUT2D eigenvalue weighted by Crippen LogP contribution is 2.32. The maximum atomic E-state index is 13.9. The van der Waals surface area contributed by atoms with Gasteiger partial charge in [0, 0.05) is 6.54 Å². The smallest absolute Gasteiger partial charge is 0.315 e. The van der Waals surface area contributed by atoms with Gasteiger partial charge in [0.1, 0.15) is 11.6 Å². The molecule has 1 aromatic carbocycles. The number of Topliss-reactive ketones (excluding diaryl/α,β-unsaturated/α-hetero) is 1. The summed E-state index contributed by atoms with van der Waals surface area (Å²) in [4.78, 5) is 11.6. The quantitative estimate of drug-likeness (QED) is 0.815. The molecule has 1 aliphatic carbocycles. The average molecular weight is 303 g/mol. The standard InChI is InChI=1S/C15H17F4NO/c1-9(21)13(8-20-7-10-2-3-10)12-5-4-11(6-14(12)16)15(17,18)19/h4-6,10,13,20H,2-3,7-8H2,1H3/t13-/m0/s1. The third kappa shape index (κ3) is 4.27. The molecule has 1 fully saturated rings. The summed E-state index contributed by atoms with van der Waals surface area (Å²) in [5.41, 5.74) is -1.03. The molecule has 0 spiro atoms. The molecule has 0 bridgehead atoms. The maximum absolute atomic E-state index is 13.9. The fraction of sp³-hybridized carbons (Fsp3) is 0.533. The van der Waals surface area contributed by atoms with E-state index in [1.54, 1.807) is 0 Å². The molecule has 1 aliphatic rings. The molecule has 1 aromatic rings. The summed E-state index contributed by atoms with van der Waals surface area (Å²) >= 11 is 0. The van der Waals surface area contributed by atoms with E-state index in [0.717, 1.165) is 31.5 Å². The van der Waals surface area contributed by atoms with Gasteiger partial charge in [-0.15, -0.1) is 0 Å². The number of ketones is 1. The molecule has 1 atom stereocenters. The zero-order chi connectivity index (χ0) is 15.6. The predicted molar refractivity (Wildman–Crippen MR) is 70.4 cm³/mol. The van der Waals surface area contributed by atoms with Crippen molar-refractivity contribution in [2.45, 2.75) is 31.9 Å². The van der Waals surface area contributed by atoms with Crippen LogP contribution in [-0.2, 0) is 11.0 Å². The normalized spacial score (nSPS) is 16.8. The predicted octanol–water partition coefficient (Wildman–Crippen LogP) is 3.52. The average Bonchev–Trinajstić information content (AvgIpc) is 3.18. The molecular weight excluding hydrogens is 286 g/mol. The van der Waals surface area contributed by atoms with Crippen molar-refractivity contribution in [3.63, 3.8) is 0 Å². The van der Waals surface area contributed by atoms with E-state index in [1.807, 2.05) is 0 Å². The van der Waals surface area contributed by atoms with E-state index in [9.17, 15) is 22.4 Å². The van der Waals surface area contributed by atoms with Gasteiger partial charge in [0.05, 0.1) is 11.5 Å². The Balaban J connectivity index is 2.13. The van der Waals surface area contributed by atoms with Gasteiger partial charge in [0.15, 0.2) is 0 Å². The van der Waals surface area contributed by atoms with E-state index < -0.39 is 23.5 Å². The highest BCUT2D eigenvalue weighted by atomic mass is 19.4. The first-order chi connectivity index (χ1) is 9.79. The van der Waals surface area contributed by atoms with Crippen LogP contribution in [0.25, 0.3) is 0 Å². The van der Waals surface area contributed by atoms with Crippen LogP contribution in [0.4, 0.5) is 17.6 Å². The van der Waals surface area contributed by atoms with E-state index in [0.29, 0.717) is 12.0 Å². The van der Waals surface area contributed by atoms with Crippen LogP contribution in [0.3, 0.4) is 0 Å². The van der Waals surface area contributed by atoms with Crippen molar-refractivity contribution in [3.8, 4) is 0 Å². The molecule has 0 radical (unpaired) electrons. The Morgan fingerprint density at radius 3 is 2.52 bits per heavy atom. The van der Waals surface area contributed by atoms with Crippen molar-refractivity contribution in [2.24, 2.45) is 5.92 Å². The summed E-state index contributed by atoms with van der Waals surface area (Å²) in [5, 5.41) is 3.09. The minimum Gasteiger partial charge on any atom is -0.315 e. The summed E-state index contributed by atoms with van der Waals surface area (Å²) in [7, 11) is 0. The molecule has 0 aromatic heterocycles. The van der Waals surface area contributed by atoms with E-state index >= 15 is 0 Å². The zero-order valence-corrected chi connectivity index (χ0v) is 11.6. The number of benzene rings is 1. The lowest BCUT2D eigenvalue weighted by Crippen LogP contribution is -2.28. The van der Waals surface area contributed by atoms with Crippen molar-refractivity contribution < 1.29 is 22.4 Å². The van der Waals surface area contributed by atoms with Gasteiger partial charge >= 0.3 is 6.18 Å². The summed E-state index contributed by atoms with van der Waals surface area (Å²) in [6.45, 7) is 2.32. The van der Waals surface area contributed by atoms with Crippen molar-refractivity contribution >= 4 is 5.78 Å². The van der Waals surface area contributed by atoms with Crippen molar-refractivity contribution in [1.82, 2.24) is 5.32 Å². The second-order valence-corrected chi connectivity index (χ2v) is 5.50. The monoisotopic (exact) mass is 303 g/mol. The third-order valence-corrected chi connectivity index (χ3v) is 3.67. The van der Waals surface area contributed by atoms with Gasteiger partial charge in [-0.1, -0.05) is 6.07 Å². The fourth-order valence-electron chi connectivity index (χ4n) is 2.21. The Labute approximate surface area is 120 Å². The van der Waals surface area contributed by atoms with Gasteiger partial charge in [-0.3, -0.25) is 4.79 Å². The second-order valence-electron chi connectivity index (χ2n) is 5.50. The number of hydrogen-bond donors (Lipinski definition) is 1. The first-order valence-corrected chi connectivity index (χ1v) is 6.87. The highest BCUT2D eigenvalue weighted by molar-refractivity contribution is 5.83. The van der Waals surface area contributed by atoms with Crippen LogP contribution in [-0.4, -0.2) is 18.9 Å². The van der Waals surface area contributed by atoms with Gasteiger partial charge in [-0.2, -0.15) is 13.2 Å². The highest BCUT2D eigenvalue weighted by Gasteiger charge is 2.32. The Morgan fingerprint density at radius 2 is 2.05 bits per heavy atom. The summed E-state index contributed by atoms with van der Waals surface area (Å²) in [6.07, 6.45) is -2.30. The van der Waals surface area contributed by atoms with Gasteiger partial charge in [-0.05, 0) is 49.9 Å². The van der Waals surface area contributed by atoms with Crippen LogP contribution in [0, 0.1) is 11.7 Å². The molecule has 0 aliphatic heterocycles. The second kappa shape index (κ2) is 6.13. The van der Waals surface area contributed by atoms with Crippen LogP contribution in [0.5, 0.6) is 0 Å². The molecule has 6 heteroatoms. The Bertz CT molecular complexity index is 523. The molecule has 0 amide bonds. The summed E-state index contributed by atoms with van der Waals surface area (Å²) in [5.74, 6) is -1.41. The number of carbonyl (C=O) groups is 1. The molecule has 0 unspecified atom stereocenters. The Morgan fingerprint density at radius 1 is 1.38 bits per heavy atom. The van der Waals surface area contributed by atoms with Gasteiger partial charge < -0.3 is 5.32 Å². The Hall–Kier alpha value is -1.43. The molecule has 0 saturated heterocycles. The zero-order valence-electron chi connectivity index (χ0n) is 11.6. The first-order valence-electron chi connectivity index (χ1n) is 6.87. The van der Waals surface area contributed by atoms with Crippen LogP contribution in [0.1, 0.15) is 36.8 Å². The molecule has 1 saturated carbocycles. The van der Waals surface area contributed by atoms with Crippen LogP contribution in [0.15, 0.2) is 18.2 Å². The van der Waals surface area contributed by atoms with Crippen LogP contribution < -0.4 is 5.32 Å². The van der Waals surface area contributed by atoms with E-state index in [4.69, 9.17) is 0 Å². The molecule has 116 valence electrons. The van der Waals surface area contributed by atoms with Crippen molar-refractivity contribution in [2.75, 3.05) is 13.1 Å².